The SMILES string of the molecule is CC(C)(C)OC(=O)NCCNC(=O)c1ccc(-c2ccc(C[C@@H](NC(=O)OCC3c4ccccc4-c4ccccc43)C(=O)O)cc2)cc1. The number of nitrogens with one attached hydrogen (secondary N) is 3. The van der Waals surface area contributed by atoms with Gasteiger partial charge in [0.1, 0.15) is 18.2 Å². The summed E-state index contributed by atoms with van der Waals surface area (Å²) in [6.07, 6.45) is -1.26. The minimum atomic E-state index is -1.18. The van der Waals surface area contributed by atoms with E-state index in [9.17, 15) is 24.3 Å². The van der Waals surface area contributed by atoms with Crippen molar-refractivity contribution in [3.63, 3.8) is 0 Å². The lowest BCUT2D eigenvalue weighted by molar-refractivity contribution is -0.139. The number of carboxylic acids is 1. The molecule has 4 N–H and O–H groups in total. The Bertz CT molecular complexity index is 1730. The largest absolute Gasteiger partial charge is 0.480 e. The Labute approximate surface area is 279 Å². The summed E-state index contributed by atoms with van der Waals surface area (Å²) >= 11 is 0. The minimum Gasteiger partial charge on any atom is -0.480 e. The number of amides is 3. The van der Waals surface area contributed by atoms with E-state index in [2.05, 4.69) is 16.0 Å². The number of rotatable bonds is 11. The first-order valence-electron chi connectivity index (χ1n) is 15.8. The molecule has 3 amide bonds. The van der Waals surface area contributed by atoms with Crippen molar-refractivity contribution in [1.82, 2.24) is 16.0 Å². The second-order valence-electron chi connectivity index (χ2n) is 12.5. The molecule has 1 atom stereocenters. The molecular formula is C38H39N3O7. The van der Waals surface area contributed by atoms with Crippen LogP contribution in [0.15, 0.2) is 97.1 Å². The van der Waals surface area contributed by atoms with Gasteiger partial charge in [-0.15, -0.1) is 0 Å². The number of hydrogen-bond acceptors (Lipinski definition) is 6. The zero-order valence-corrected chi connectivity index (χ0v) is 27.1. The average molecular weight is 650 g/mol. The number of carboxylic acid groups (broad SMARTS) is 1. The van der Waals surface area contributed by atoms with Gasteiger partial charge < -0.3 is 30.5 Å². The predicted molar refractivity (Wildman–Crippen MR) is 182 cm³/mol. The van der Waals surface area contributed by atoms with E-state index in [0.29, 0.717) is 5.56 Å². The lowest BCUT2D eigenvalue weighted by Crippen LogP contribution is -2.42. The van der Waals surface area contributed by atoms with Gasteiger partial charge in [-0.3, -0.25) is 4.79 Å². The molecule has 0 aliphatic heterocycles. The van der Waals surface area contributed by atoms with E-state index in [-0.39, 0.29) is 37.9 Å². The molecule has 4 aromatic rings. The second kappa shape index (κ2) is 14.8. The van der Waals surface area contributed by atoms with E-state index in [1.54, 1.807) is 32.9 Å². The topological polar surface area (TPSA) is 143 Å². The number of carbonyl (C=O) groups is 4. The van der Waals surface area contributed by atoms with Gasteiger partial charge in [-0.2, -0.15) is 0 Å². The number of benzene rings is 4. The van der Waals surface area contributed by atoms with E-state index in [1.165, 1.54) is 0 Å². The molecule has 5 rings (SSSR count). The molecular weight excluding hydrogens is 610 g/mol. The molecule has 10 nitrogen and oxygen atoms in total. The summed E-state index contributed by atoms with van der Waals surface area (Å²) in [7, 11) is 0. The Morgan fingerprint density at radius 1 is 0.729 bits per heavy atom. The van der Waals surface area contributed by atoms with Gasteiger partial charge in [0.15, 0.2) is 0 Å². The zero-order valence-electron chi connectivity index (χ0n) is 27.1. The Kier molecular flexibility index (Phi) is 10.4. The highest BCUT2D eigenvalue weighted by Crippen LogP contribution is 2.44. The molecule has 248 valence electrons. The van der Waals surface area contributed by atoms with Crippen LogP contribution in [0.1, 0.15) is 53.7 Å². The fraction of sp³-hybridized carbons (Fsp3) is 0.263. The molecule has 0 aromatic heterocycles. The maximum absolute atomic E-state index is 12.7. The van der Waals surface area contributed by atoms with Crippen molar-refractivity contribution in [1.29, 1.82) is 0 Å². The molecule has 48 heavy (non-hydrogen) atoms. The molecule has 1 aliphatic carbocycles. The van der Waals surface area contributed by atoms with Crippen molar-refractivity contribution in [3.05, 3.63) is 119 Å². The molecule has 0 heterocycles. The summed E-state index contributed by atoms with van der Waals surface area (Å²) in [5.41, 5.74) is 6.71. The van der Waals surface area contributed by atoms with Crippen molar-refractivity contribution in [2.24, 2.45) is 0 Å². The minimum absolute atomic E-state index is 0.0711. The monoisotopic (exact) mass is 649 g/mol. The highest BCUT2D eigenvalue weighted by Gasteiger charge is 2.30. The molecule has 0 radical (unpaired) electrons. The third kappa shape index (κ3) is 8.58. The lowest BCUT2D eigenvalue weighted by Gasteiger charge is -2.19. The Hall–Kier alpha value is -5.64. The smallest absolute Gasteiger partial charge is 0.407 e. The maximum Gasteiger partial charge on any atom is 0.407 e. The number of hydrogen-bond donors (Lipinski definition) is 4. The number of carbonyl (C=O) groups excluding carboxylic acids is 3. The first-order chi connectivity index (χ1) is 23.0. The van der Waals surface area contributed by atoms with Crippen LogP contribution in [0.4, 0.5) is 9.59 Å². The predicted octanol–water partition coefficient (Wildman–Crippen LogP) is 6.14. The molecule has 0 spiro atoms. The third-order valence-corrected chi connectivity index (χ3v) is 7.89. The molecule has 0 bridgehead atoms. The average Bonchev–Trinajstić information content (AvgIpc) is 3.38. The second-order valence-corrected chi connectivity index (χ2v) is 12.5. The van der Waals surface area contributed by atoms with Crippen LogP contribution in [0, 0.1) is 0 Å². The van der Waals surface area contributed by atoms with E-state index in [0.717, 1.165) is 38.9 Å². The van der Waals surface area contributed by atoms with E-state index in [1.807, 2.05) is 84.9 Å². The van der Waals surface area contributed by atoms with Crippen LogP contribution in [0.2, 0.25) is 0 Å². The van der Waals surface area contributed by atoms with E-state index in [4.69, 9.17) is 9.47 Å². The lowest BCUT2D eigenvalue weighted by atomic mass is 9.98. The number of fused-ring (bicyclic) bond motifs is 3. The van der Waals surface area contributed by atoms with Crippen molar-refractivity contribution < 1.29 is 33.8 Å². The molecule has 0 saturated heterocycles. The summed E-state index contributed by atoms with van der Waals surface area (Å²) in [5.74, 6) is -1.57. The zero-order chi connectivity index (χ0) is 34.3. The Balaban J connectivity index is 1.11. The normalized spacial score (nSPS) is 12.6. The molecule has 4 aromatic carbocycles. The summed E-state index contributed by atoms with van der Waals surface area (Å²) in [6.45, 7) is 5.89. The Morgan fingerprint density at radius 3 is 1.83 bits per heavy atom. The molecule has 0 saturated carbocycles. The van der Waals surface area contributed by atoms with Gasteiger partial charge in [0.2, 0.25) is 0 Å². The van der Waals surface area contributed by atoms with Crippen molar-refractivity contribution in [2.45, 2.75) is 44.8 Å². The van der Waals surface area contributed by atoms with Crippen LogP contribution < -0.4 is 16.0 Å². The van der Waals surface area contributed by atoms with E-state index < -0.39 is 29.8 Å². The first kappa shape index (κ1) is 33.7. The fourth-order valence-corrected chi connectivity index (χ4v) is 5.62. The van der Waals surface area contributed by atoms with Crippen LogP contribution in [-0.4, -0.2) is 60.5 Å². The third-order valence-electron chi connectivity index (χ3n) is 7.89. The van der Waals surface area contributed by atoms with Gasteiger partial charge in [0.05, 0.1) is 0 Å². The summed E-state index contributed by atoms with van der Waals surface area (Å²) in [5, 5.41) is 17.7. The molecule has 1 aliphatic rings. The highest BCUT2D eigenvalue weighted by atomic mass is 16.6. The maximum atomic E-state index is 12.7. The summed E-state index contributed by atoms with van der Waals surface area (Å²) in [4.78, 5) is 49.0. The number of ether oxygens (including phenoxy) is 2. The van der Waals surface area contributed by atoms with Gasteiger partial charge >= 0.3 is 18.2 Å². The molecule has 10 heteroatoms. The van der Waals surface area contributed by atoms with Crippen LogP contribution in [-0.2, 0) is 20.7 Å². The van der Waals surface area contributed by atoms with Crippen molar-refractivity contribution in [2.75, 3.05) is 19.7 Å². The Morgan fingerprint density at radius 2 is 1.27 bits per heavy atom. The van der Waals surface area contributed by atoms with Crippen LogP contribution in [0.5, 0.6) is 0 Å². The van der Waals surface area contributed by atoms with Gasteiger partial charge in [0.25, 0.3) is 5.91 Å². The summed E-state index contributed by atoms with van der Waals surface area (Å²) < 4.78 is 10.7. The van der Waals surface area contributed by atoms with Crippen LogP contribution >= 0.6 is 0 Å². The van der Waals surface area contributed by atoms with Gasteiger partial charge in [0, 0.05) is 31.0 Å². The fourth-order valence-electron chi connectivity index (χ4n) is 5.62. The molecule has 0 unspecified atom stereocenters. The first-order valence-corrected chi connectivity index (χ1v) is 15.8. The summed E-state index contributed by atoms with van der Waals surface area (Å²) in [6, 6.07) is 29.2. The van der Waals surface area contributed by atoms with E-state index >= 15 is 0 Å². The van der Waals surface area contributed by atoms with Gasteiger partial charge in [-0.05, 0) is 71.8 Å². The van der Waals surface area contributed by atoms with Crippen LogP contribution in [0.25, 0.3) is 22.3 Å². The number of alkyl carbamates (subject to hydrolysis) is 2. The van der Waals surface area contributed by atoms with Gasteiger partial charge in [-0.25, -0.2) is 14.4 Å². The van der Waals surface area contributed by atoms with Crippen molar-refractivity contribution >= 4 is 24.1 Å². The van der Waals surface area contributed by atoms with Crippen molar-refractivity contribution in [3.8, 4) is 22.3 Å². The number of aliphatic carboxylic acids is 1. The standard InChI is InChI=1S/C38H39N3O7/c1-38(2,3)48-36(45)40-21-20-39-34(42)27-18-16-26(17-19-27)25-14-12-24(13-15-25)22-33(35(43)44)41-37(46)47-23-32-30-10-6-4-8-28(30)29-9-5-7-11-31(29)32/h4-19,32-33H,20-23H2,1-3H3,(H,39,42)(H,40,45)(H,41,46)(H,43,44)/t33-/m1/s1. The highest BCUT2D eigenvalue weighted by molar-refractivity contribution is 5.94. The van der Waals surface area contributed by atoms with Gasteiger partial charge in [-0.1, -0.05) is 84.9 Å². The van der Waals surface area contributed by atoms with Crippen LogP contribution in [0.3, 0.4) is 0 Å². The quantitative estimate of drug-likeness (QED) is 0.143. The molecule has 0 fully saturated rings.